The van der Waals surface area contributed by atoms with Gasteiger partial charge in [-0.2, -0.15) is 5.10 Å². The van der Waals surface area contributed by atoms with Gasteiger partial charge in [-0.1, -0.05) is 32.0 Å². The molecular formula is C20H21N3OS. The van der Waals surface area contributed by atoms with Crippen LogP contribution in [0, 0.1) is 12.8 Å². The average molecular weight is 351 g/mol. The maximum atomic E-state index is 12.7. The number of hydrogen-bond donors (Lipinski definition) is 1. The van der Waals surface area contributed by atoms with Gasteiger partial charge in [-0.3, -0.25) is 9.78 Å². The second kappa shape index (κ2) is 7.57. The first kappa shape index (κ1) is 17.3. The minimum atomic E-state index is -0.214. The number of thiophene rings is 1. The largest absolute Gasteiger partial charge is 0.272 e. The molecule has 128 valence electrons. The first-order valence-corrected chi connectivity index (χ1v) is 9.18. The molecule has 2 aromatic heterocycles. The molecule has 1 N–H and O–H groups in total. The molecule has 1 aromatic carbocycles. The van der Waals surface area contributed by atoms with Crippen LogP contribution in [0.15, 0.2) is 46.9 Å². The van der Waals surface area contributed by atoms with Crippen LogP contribution in [-0.4, -0.2) is 17.1 Å². The second-order valence-corrected chi connectivity index (χ2v) is 7.39. The summed E-state index contributed by atoms with van der Waals surface area (Å²) in [4.78, 5) is 18.4. The Labute approximate surface area is 151 Å². The minimum Gasteiger partial charge on any atom is -0.267 e. The van der Waals surface area contributed by atoms with E-state index in [1.165, 1.54) is 0 Å². The number of aromatic nitrogens is 1. The molecule has 0 saturated carbocycles. The summed E-state index contributed by atoms with van der Waals surface area (Å²) < 4.78 is 0. The minimum absolute atomic E-state index is 0.214. The molecular weight excluding hydrogens is 330 g/mol. The van der Waals surface area contributed by atoms with Crippen molar-refractivity contribution in [3.8, 4) is 0 Å². The van der Waals surface area contributed by atoms with E-state index in [-0.39, 0.29) is 5.91 Å². The Morgan fingerprint density at radius 2 is 2.12 bits per heavy atom. The van der Waals surface area contributed by atoms with Gasteiger partial charge in [0, 0.05) is 16.0 Å². The summed E-state index contributed by atoms with van der Waals surface area (Å²) >= 11 is 1.60. The average Bonchev–Trinajstić information content (AvgIpc) is 2.98. The molecule has 0 fully saturated rings. The maximum absolute atomic E-state index is 12.7. The van der Waals surface area contributed by atoms with Crippen LogP contribution in [0.25, 0.3) is 10.9 Å². The van der Waals surface area contributed by atoms with Crippen molar-refractivity contribution in [2.24, 2.45) is 11.0 Å². The topological polar surface area (TPSA) is 54.4 Å². The van der Waals surface area contributed by atoms with E-state index in [0.717, 1.165) is 33.5 Å². The molecule has 0 unspecified atom stereocenters. The van der Waals surface area contributed by atoms with Gasteiger partial charge in [0.1, 0.15) is 0 Å². The lowest BCUT2D eigenvalue weighted by atomic mass is 10.0. The zero-order valence-electron chi connectivity index (χ0n) is 14.6. The lowest BCUT2D eigenvalue weighted by Crippen LogP contribution is -2.19. The Kier molecular flexibility index (Phi) is 5.24. The fourth-order valence-corrected chi connectivity index (χ4v) is 3.45. The summed E-state index contributed by atoms with van der Waals surface area (Å²) in [5, 5.41) is 6.96. The van der Waals surface area contributed by atoms with E-state index in [1.807, 2.05) is 48.7 Å². The van der Waals surface area contributed by atoms with E-state index < -0.39 is 0 Å². The smallest absolute Gasteiger partial charge is 0.267 e. The third kappa shape index (κ3) is 4.12. The van der Waals surface area contributed by atoms with Gasteiger partial charge < -0.3 is 0 Å². The summed E-state index contributed by atoms with van der Waals surface area (Å²) in [5.41, 5.74) is 6.17. The molecule has 25 heavy (non-hydrogen) atoms. The van der Waals surface area contributed by atoms with Crippen LogP contribution in [0.2, 0.25) is 0 Å². The molecule has 5 heteroatoms. The highest BCUT2D eigenvalue weighted by atomic mass is 32.1. The van der Waals surface area contributed by atoms with Crippen LogP contribution in [0.5, 0.6) is 0 Å². The van der Waals surface area contributed by atoms with Crippen molar-refractivity contribution in [1.29, 1.82) is 0 Å². The monoisotopic (exact) mass is 351 g/mol. The van der Waals surface area contributed by atoms with E-state index >= 15 is 0 Å². The van der Waals surface area contributed by atoms with Crippen LogP contribution >= 0.6 is 11.3 Å². The third-order valence-electron chi connectivity index (χ3n) is 3.88. The molecule has 0 aliphatic carbocycles. The van der Waals surface area contributed by atoms with Gasteiger partial charge in [0.05, 0.1) is 17.3 Å². The number of rotatable bonds is 5. The molecule has 0 radical (unpaired) electrons. The number of benzene rings is 1. The number of pyridine rings is 1. The van der Waals surface area contributed by atoms with Crippen LogP contribution in [0.4, 0.5) is 0 Å². The number of nitrogens with zero attached hydrogens (tertiary/aromatic N) is 2. The number of fused-ring (bicyclic) bond motifs is 1. The Morgan fingerprint density at radius 1 is 1.32 bits per heavy atom. The van der Waals surface area contributed by atoms with Crippen LogP contribution in [0.3, 0.4) is 0 Å². The van der Waals surface area contributed by atoms with E-state index in [2.05, 4.69) is 29.4 Å². The van der Waals surface area contributed by atoms with E-state index in [9.17, 15) is 4.79 Å². The first-order chi connectivity index (χ1) is 12.0. The molecule has 0 saturated heterocycles. The number of carbonyl (C=O) groups excluding carboxylic acids is 1. The molecule has 2 heterocycles. The molecule has 0 bridgehead atoms. The van der Waals surface area contributed by atoms with E-state index in [0.29, 0.717) is 11.5 Å². The molecule has 0 aliphatic heterocycles. The van der Waals surface area contributed by atoms with Crippen LogP contribution in [-0.2, 0) is 6.42 Å². The zero-order valence-corrected chi connectivity index (χ0v) is 15.4. The highest BCUT2D eigenvalue weighted by Gasteiger charge is 2.13. The van der Waals surface area contributed by atoms with Gasteiger partial charge >= 0.3 is 0 Å². The number of nitrogens with one attached hydrogen (secondary N) is 1. The standard InChI is InChI=1S/C20H21N3OS/c1-13(2)10-15-11-17(16-6-4-5-7-18(16)22-15)20(24)23-21-12-19-14(3)8-9-25-19/h4-9,11-13H,10H2,1-3H3,(H,23,24)/b21-12-. The lowest BCUT2D eigenvalue weighted by molar-refractivity contribution is 0.0956. The molecule has 0 spiro atoms. The van der Waals surface area contributed by atoms with Gasteiger partial charge in [0.2, 0.25) is 0 Å². The predicted octanol–water partition coefficient (Wildman–Crippen LogP) is 4.57. The summed E-state index contributed by atoms with van der Waals surface area (Å²) in [6, 6.07) is 11.6. The van der Waals surface area contributed by atoms with Gasteiger partial charge in [-0.15, -0.1) is 11.3 Å². The number of hydrogen-bond acceptors (Lipinski definition) is 4. The summed E-state index contributed by atoms with van der Waals surface area (Å²) in [6.07, 6.45) is 2.53. The maximum Gasteiger partial charge on any atom is 0.272 e. The van der Waals surface area contributed by atoms with Gasteiger partial charge in [-0.25, -0.2) is 5.43 Å². The highest BCUT2D eigenvalue weighted by molar-refractivity contribution is 7.11. The highest BCUT2D eigenvalue weighted by Crippen LogP contribution is 2.20. The molecule has 1 amide bonds. The third-order valence-corrected chi connectivity index (χ3v) is 4.83. The number of hydrazone groups is 1. The Balaban J connectivity index is 1.89. The van der Waals surface area contributed by atoms with Crippen molar-refractivity contribution in [2.75, 3.05) is 0 Å². The van der Waals surface area contributed by atoms with E-state index in [1.54, 1.807) is 17.6 Å². The molecule has 0 aliphatic rings. The zero-order chi connectivity index (χ0) is 17.8. The van der Waals surface area contributed by atoms with Crippen LogP contribution < -0.4 is 5.43 Å². The second-order valence-electron chi connectivity index (χ2n) is 6.44. The SMILES string of the molecule is Cc1ccsc1/C=N\NC(=O)c1cc(CC(C)C)nc2ccccc12. The van der Waals surface area contributed by atoms with Gasteiger partial charge in [0.15, 0.2) is 0 Å². The fourth-order valence-electron chi connectivity index (χ4n) is 2.67. The van der Waals surface area contributed by atoms with Crippen LogP contribution in [0.1, 0.15) is 40.3 Å². The van der Waals surface area contributed by atoms with Crippen molar-refractivity contribution in [3.63, 3.8) is 0 Å². The quantitative estimate of drug-likeness (QED) is 0.541. The fraction of sp³-hybridized carbons (Fsp3) is 0.250. The first-order valence-electron chi connectivity index (χ1n) is 8.30. The van der Waals surface area contributed by atoms with Crippen molar-refractivity contribution >= 4 is 34.4 Å². The summed E-state index contributed by atoms with van der Waals surface area (Å²) in [5.74, 6) is 0.262. The Bertz CT molecular complexity index is 928. The number of carbonyl (C=O) groups is 1. The predicted molar refractivity (Wildman–Crippen MR) is 104 cm³/mol. The Hall–Kier alpha value is -2.53. The molecule has 3 aromatic rings. The summed E-state index contributed by atoms with van der Waals surface area (Å²) in [6.45, 7) is 6.31. The number of amides is 1. The molecule has 0 atom stereocenters. The van der Waals surface area contributed by atoms with Crippen molar-refractivity contribution in [3.05, 3.63) is 63.5 Å². The van der Waals surface area contributed by atoms with Crippen molar-refractivity contribution < 1.29 is 4.79 Å². The Morgan fingerprint density at radius 3 is 2.84 bits per heavy atom. The normalized spacial score (nSPS) is 11.5. The lowest BCUT2D eigenvalue weighted by Gasteiger charge is -2.10. The van der Waals surface area contributed by atoms with Gasteiger partial charge in [-0.05, 0) is 48.4 Å². The van der Waals surface area contributed by atoms with Gasteiger partial charge in [0.25, 0.3) is 5.91 Å². The number of para-hydroxylation sites is 1. The van der Waals surface area contributed by atoms with Crippen molar-refractivity contribution in [2.45, 2.75) is 27.2 Å². The number of aryl methyl sites for hydroxylation is 1. The molecule has 3 rings (SSSR count). The van der Waals surface area contributed by atoms with Crippen molar-refractivity contribution in [1.82, 2.24) is 10.4 Å². The van der Waals surface area contributed by atoms with E-state index in [4.69, 9.17) is 0 Å². The summed E-state index contributed by atoms with van der Waals surface area (Å²) in [7, 11) is 0. The molecule has 4 nitrogen and oxygen atoms in total.